The molecule has 96 valence electrons. The van der Waals surface area contributed by atoms with Gasteiger partial charge in [0.05, 0.1) is 11.1 Å². The minimum Gasteiger partial charge on any atom is -0.269 e. The fourth-order valence-corrected chi connectivity index (χ4v) is 2.16. The third-order valence-corrected chi connectivity index (χ3v) is 3.24. The largest absolute Gasteiger partial charge is 0.406 e. The van der Waals surface area contributed by atoms with Gasteiger partial charge in [-0.25, -0.2) is 0 Å². The average molecular weight is 275 g/mol. The van der Waals surface area contributed by atoms with Gasteiger partial charge in [-0.3, -0.25) is 14.5 Å². The fourth-order valence-electron chi connectivity index (χ4n) is 1.72. The monoisotopic (exact) mass is 275 g/mol. The van der Waals surface area contributed by atoms with Crippen LogP contribution < -0.4 is 0 Å². The number of halogens is 3. The number of rotatable bonds is 2. The lowest BCUT2D eigenvalue weighted by Gasteiger charge is -2.15. The summed E-state index contributed by atoms with van der Waals surface area (Å²) in [5, 5.41) is 0. The second kappa shape index (κ2) is 4.31. The molecule has 1 aliphatic heterocycles. The highest BCUT2D eigenvalue weighted by Gasteiger charge is 2.42. The molecular formula is C11H8F3NO2S. The average Bonchev–Trinajstić information content (AvgIpc) is 2.52. The van der Waals surface area contributed by atoms with Crippen LogP contribution in [0, 0.1) is 0 Å². The maximum absolute atomic E-state index is 12.3. The van der Waals surface area contributed by atoms with Gasteiger partial charge in [-0.1, -0.05) is 0 Å². The highest BCUT2D eigenvalue weighted by atomic mass is 32.2. The van der Waals surface area contributed by atoms with Gasteiger partial charge < -0.3 is 0 Å². The van der Waals surface area contributed by atoms with Crippen molar-refractivity contribution in [2.75, 3.05) is 12.8 Å². The summed E-state index contributed by atoms with van der Waals surface area (Å²) in [5.41, 5.74) is 0.0677. The Labute approximate surface area is 105 Å². The van der Waals surface area contributed by atoms with Crippen LogP contribution in [0.1, 0.15) is 20.7 Å². The van der Waals surface area contributed by atoms with Crippen molar-refractivity contribution < 1.29 is 22.8 Å². The molecule has 2 amide bonds. The van der Waals surface area contributed by atoms with Gasteiger partial charge in [0.1, 0.15) is 6.54 Å². The number of amides is 2. The molecule has 0 fully saturated rings. The van der Waals surface area contributed by atoms with Crippen LogP contribution in [0.5, 0.6) is 0 Å². The third-order valence-electron chi connectivity index (χ3n) is 2.52. The van der Waals surface area contributed by atoms with Gasteiger partial charge in [0, 0.05) is 4.90 Å². The molecule has 0 N–H and O–H groups in total. The molecule has 0 saturated heterocycles. The Morgan fingerprint density at radius 2 is 1.78 bits per heavy atom. The fraction of sp³-hybridized carbons (Fsp3) is 0.273. The van der Waals surface area contributed by atoms with Crippen molar-refractivity contribution in [1.82, 2.24) is 4.90 Å². The number of alkyl halides is 3. The number of benzene rings is 1. The van der Waals surface area contributed by atoms with Gasteiger partial charge >= 0.3 is 6.18 Å². The van der Waals surface area contributed by atoms with E-state index in [9.17, 15) is 22.8 Å². The lowest BCUT2D eigenvalue weighted by atomic mass is 10.1. The molecule has 0 atom stereocenters. The predicted molar refractivity (Wildman–Crippen MR) is 59.6 cm³/mol. The van der Waals surface area contributed by atoms with E-state index in [1.807, 2.05) is 0 Å². The van der Waals surface area contributed by atoms with Crippen molar-refractivity contribution in [2.24, 2.45) is 0 Å². The molecule has 1 aromatic rings. The molecule has 0 radical (unpaired) electrons. The first-order valence-electron chi connectivity index (χ1n) is 4.94. The number of fused-ring (bicyclic) bond motifs is 1. The molecule has 0 spiro atoms. The Kier molecular flexibility index (Phi) is 3.10. The molecule has 1 aromatic carbocycles. The molecule has 0 unspecified atom stereocenters. The smallest absolute Gasteiger partial charge is 0.269 e. The zero-order chi connectivity index (χ0) is 13.5. The molecule has 0 bridgehead atoms. The lowest BCUT2D eigenvalue weighted by molar-refractivity contribution is -0.136. The molecule has 0 saturated carbocycles. The van der Waals surface area contributed by atoms with E-state index in [1.54, 1.807) is 12.3 Å². The van der Waals surface area contributed by atoms with Crippen LogP contribution in [0.15, 0.2) is 23.1 Å². The third kappa shape index (κ3) is 2.22. The summed E-state index contributed by atoms with van der Waals surface area (Å²) < 4.78 is 36.8. The first kappa shape index (κ1) is 12.9. The number of carbonyl (C=O) groups is 2. The van der Waals surface area contributed by atoms with Crippen LogP contribution >= 0.6 is 11.8 Å². The van der Waals surface area contributed by atoms with E-state index in [0.29, 0.717) is 0 Å². The van der Waals surface area contributed by atoms with Crippen LogP contribution in [0.4, 0.5) is 13.2 Å². The summed E-state index contributed by atoms with van der Waals surface area (Å²) in [6.07, 6.45) is -2.81. The van der Waals surface area contributed by atoms with Crippen molar-refractivity contribution in [3.8, 4) is 0 Å². The molecule has 7 heteroatoms. The predicted octanol–water partition coefficient (Wildman–Crippen LogP) is 2.57. The normalized spacial score (nSPS) is 15.2. The second-order valence-electron chi connectivity index (χ2n) is 3.72. The Bertz CT molecular complexity index is 528. The topological polar surface area (TPSA) is 37.4 Å². The van der Waals surface area contributed by atoms with E-state index in [1.165, 1.54) is 23.9 Å². The zero-order valence-electron chi connectivity index (χ0n) is 9.25. The SMILES string of the molecule is CSc1ccc2c(c1)C(=O)N(CC(F)(F)F)C2=O. The molecule has 1 aliphatic rings. The number of carbonyl (C=O) groups excluding carboxylic acids is 2. The Balaban J connectivity index is 2.38. The maximum Gasteiger partial charge on any atom is 0.406 e. The van der Waals surface area contributed by atoms with Crippen molar-refractivity contribution in [2.45, 2.75) is 11.1 Å². The molecule has 0 aliphatic carbocycles. The van der Waals surface area contributed by atoms with Crippen LogP contribution in [0.25, 0.3) is 0 Å². The zero-order valence-corrected chi connectivity index (χ0v) is 10.1. The van der Waals surface area contributed by atoms with Crippen molar-refractivity contribution >= 4 is 23.6 Å². The van der Waals surface area contributed by atoms with Crippen LogP contribution in [0.2, 0.25) is 0 Å². The second-order valence-corrected chi connectivity index (χ2v) is 4.60. The molecule has 0 aromatic heterocycles. The van der Waals surface area contributed by atoms with Gasteiger partial charge in [-0.2, -0.15) is 13.2 Å². The molecule has 2 rings (SSSR count). The molecular weight excluding hydrogens is 267 g/mol. The van der Waals surface area contributed by atoms with E-state index in [-0.39, 0.29) is 16.0 Å². The summed E-state index contributed by atoms with van der Waals surface area (Å²) in [7, 11) is 0. The number of imide groups is 1. The minimum atomic E-state index is -4.59. The standard InChI is InChI=1S/C11H8F3NO2S/c1-18-6-2-3-7-8(4-6)10(17)15(9(7)16)5-11(12,13)14/h2-4H,5H2,1H3. The summed E-state index contributed by atoms with van der Waals surface area (Å²) in [6, 6.07) is 4.43. The van der Waals surface area contributed by atoms with Gasteiger partial charge in [0.25, 0.3) is 11.8 Å². The quantitative estimate of drug-likeness (QED) is 0.615. The summed E-state index contributed by atoms with van der Waals surface area (Å²) in [5.74, 6) is -1.77. The van der Waals surface area contributed by atoms with Crippen molar-refractivity contribution in [1.29, 1.82) is 0 Å². The molecule has 18 heavy (non-hydrogen) atoms. The van der Waals surface area contributed by atoms with Gasteiger partial charge in [0.2, 0.25) is 0 Å². The number of thioether (sulfide) groups is 1. The maximum atomic E-state index is 12.3. The van der Waals surface area contributed by atoms with Gasteiger partial charge in [-0.05, 0) is 24.5 Å². The van der Waals surface area contributed by atoms with Crippen LogP contribution in [-0.4, -0.2) is 35.7 Å². The van der Waals surface area contributed by atoms with Gasteiger partial charge in [0.15, 0.2) is 0 Å². The highest BCUT2D eigenvalue weighted by molar-refractivity contribution is 7.98. The number of hydrogen-bond donors (Lipinski definition) is 0. The summed E-state index contributed by atoms with van der Waals surface area (Å²) in [4.78, 5) is 24.4. The lowest BCUT2D eigenvalue weighted by Crippen LogP contribution is -2.38. The number of nitrogens with zero attached hydrogens (tertiary/aromatic N) is 1. The first-order chi connectivity index (χ1) is 8.33. The molecule has 3 nitrogen and oxygen atoms in total. The summed E-state index contributed by atoms with van der Waals surface area (Å²) >= 11 is 1.35. The van der Waals surface area contributed by atoms with Crippen LogP contribution in [0.3, 0.4) is 0 Å². The van der Waals surface area contributed by atoms with Crippen molar-refractivity contribution in [3.63, 3.8) is 0 Å². The number of hydrogen-bond acceptors (Lipinski definition) is 3. The van der Waals surface area contributed by atoms with Crippen molar-refractivity contribution in [3.05, 3.63) is 29.3 Å². The van der Waals surface area contributed by atoms with Crippen LogP contribution in [-0.2, 0) is 0 Å². The minimum absolute atomic E-state index is 0.0297. The highest BCUT2D eigenvalue weighted by Crippen LogP contribution is 2.29. The van der Waals surface area contributed by atoms with E-state index in [0.717, 1.165) is 4.90 Å². The Morgan fingerprint density at radius 3 is 2.33 bits per heavy atom. The Morgan fingerprint density at radius 1 is 1.17 bits per heavy atom. The summed E-state index contributed by atoms with van der Waals surface area (Å²) in [6.45, 7) is -1.55. The van der Waals surface area contributed by atoms with E-state index >= 15 is 0 Å². The van der Waals surface area contributed by atoms with Gasteiger partial charge in [-0.15, -0.1) is 11.8 Å². The Hall–Kier alpha value is -1.50. The van der Waals surface area contributed by atoms with E-state index in [4.69, 9.17) is 0 Å². The first-order valence-corrected chi connectivity index (χ1v) is 6.17. The van der Waals surface area contributed by atoms with E-state index < -0.39 is 24.5 Å². The molecule has 1 heterocycles. The van der Waals surface area contributed by atoms with E-state index in [2.05, 4.69) is 0 Å².